The summed E-state index contributed by atoms with van der Waals surface area (Å²) in [5, 5.41) is 3.31. The van der Waals surface area contributed by atoms with Gasteiger partial charge in [0.05, 0.1) is 30.2 Å². The van der Waals surface area contributed by atoms with Crippen molar-refractivity contribution in [1.29, 1.82) is 0 Å². The van der Waals surface area contributed by atoms with Crippen molar-refractivity contribution >= 4 is 11.6 Å². The fourth-order valence-corrected chi connectivity index (χ4v) is 2.57. The van der Waals surface area contributed by atoms with E-state index in [9.17, 15) is 4.79 Å². The molecule has 3 heterocycles. The summed E-state index contributed by atoms with van der Waals surface area (Å²) in [5.74, 6) is -0.0195. The summed E-state index contributed by atoms with van der Waals surface area (Å²) < 4.78 is 5.80. The zero-order valence-corrected chi connectivity index (χ0v) is 10.1. The second-order valence-electron chi connectivity index (χ2n) is 4.80. The number of piperidine rings is 1. The quantitative estimate of drug-likeness (QED) is 0.755. The van der Waals surface area contributed by atoms with Gasteiger partial charge >= 0.3 is 0 Å². The number of aromatic nitrogens is 2. The van der Waals surface area contributed by atoms with E-state index in [1.807, 2.05) is 0 Å². The van der Waals surface area contributed by atoms with Gasteiger partial charge in [-0.3, -0.25) is 4.79 Å². The topological polar surface area (TPSA) is 67.3 Å². The molecular weight excluding hydrogens is 232 g/mol. The minimum atomic E-state index is -0.199. The van der Waals surface area contributed by atoms with E-state index in [0.29, 0.717) is 6.54 Å². The molecule has 2 aliphatic rings. The van der Waals surface area contributed by atoms with Crippen LogP contribution in [-0.2, 0) is 9.53 Å². The Labute approximate surface area is 105 Å². The maximum atomic E-state index is 12.0. The van der Waals surface area contributed by atoms with Gasteiger partial charge in [0.15, 0.2) is 0 Å². The van der Waals surface area contributed by atoms with Crippen molar-refractivity contribution in [3.63, 3.8) is 0 Å². The molecule has 96 valence electrons. The molecule has 0 saturated carbocycles. The lowest BCUT2D eigenvalue weighted by atomic mass is 9.90. The number of morpholine rings is 1. The number of rotatable bonds is 1. The molecule has 0 aliphatic carbocycles. The van der Waals surface area contributed by atoms with E-state index in [-0.39, 0.29) is 18.1 Å². The van der Waals surface area contributed by atoms with Crippen LogP contribution in [0.15, 0.2) is 18.7 Å². The Kier molecular flexibility index (Phi) is 2.97. The maximum Gasteiger partial charge on any atom is 0.253 e. The van der Waals surface area contributed by atoms with Gasteiger partial charge in [-0.1, -0.05) is 0 Å². The van der Waals surface area contributed by atoms with E-state index in [0.717, 1.165) is 31.6 Å². The maximum absolute atomic E-state index is 12.0. The van der Waals surface area contributed by atoms with E-state index < -0.39 is 0 Å². The van der Waals surface area contributed by atoms with Crippen LogP contribution in [0.1, 0.15) is 12.8 Å². The largest absolute Gasteiger partial charge is 0.363 e. The number of hydrogen-bond donors (Lipinski definition) is 1. The fourth-order valence-electron chi connectivity index (χ4n) is 2.57. The van der Waals surface area contributed by atoms with Gasteiger partial charge in [-0.15, -0.1) is 0 Å². The summed E-state index contributed by atoms with van der Waals surface area (Å²) in [7, 11) is 0. The summed E-state index contributed by atoms with van der Waals surface area (Å²) in [4.78, 5) is 21.6. The summed E-state index contributed by atoms with van der Waals surface area (Å²) in [6, 6.07) is 0. The van der Waals surface area contributed by atoms with Gasteiger partial charge in [0, 0.05) is 0 Å². The van der Waals surface area contributed by atoms with Crippen molar-refractivity contribution in [1.82, 2.24) is 15.3 Å². The number of amides is 1. The number of nitrogens with one attached hydrogen (secondary N) is 1. The Morgan fingerprint density at radius 3 is 2.72 bits per heavy atom. The molecule has 18 heavy (non-hydrogen) atoms. The molecule has 0 aromatic carbocycles. The third kappa shape index (κ3) is 2.09. The lowest BCUT2D eigenvalue weighted by Crippen LogP contribution is -2.58. The van der Waals surface area contributed by atoms with Crippen LogP contribution in [0.5, 0.6) is 0 Å². The van der Waals surface area contributed by atoms with E-state index in [1.165, 1.54) is 6.33 Å². The summed E-state index contributed by atoms with van der Waals surface area (Å²) >= 11 is 0. The molecule has 1 amide bonds. The molecule has 1 N–H and O–H groups in total. The van der Waals surface area contributed by atoms with Crippen LogP contribution in [0, 0.1) is 0 Å². The molecule has 2 fully saturated rings. The number of anilines is 1. The standard InChI is InChI=1S/C12H16N4O2/c17-11-7-18-12(1-3-13-4-2-12)8-16(11)10-5-14-9-15-6-10/h5-6,9,13H,1-4,7-8H2. The SMILES string of the molecule is O=C1COC2(CCNCC2)CN1c1cncnc1. The van der Waals surface area contributed by atoms with Gasteiger partial charge in [-0.2, -0.15) is 0 Å². The van der Waals surface area contributed by atoms with Crippen molar-refractivity contribution in [2.75, 3.05) is 31.1 Å². The second-order valence-corrected chi connectivity index (χ2v) is 4.80. The summed E-state index contributed by atoms with van der Waals surface area (Å²) in [5.41, 5.74) is 0.554. The van der Waals surface area contributed by atoms with Crippen molar-refractivity contribution in [2.24, 2.45) is 0 Å². The first-order valence-corrected chi connectivity index (χ1v) is 6.19. The molecule has 1 aromatic heterocycles. The minimum absolute atomic E-state index is 0.0195. The van der Waals surface area contributed by atoms with Crippen LogP contribution in [0.4, 0.5) is 5.69 Å². The lowest BCUT2D eigenvalue weighted by Gasteiger charge is -2.44. The molecule has 6 heteroatoms. The van der Waals surface area contributed by atoms with Crippen molar-refractivity contribution in [2.45, 2.75) is 18.4 Å². The van der Waals surface area contributed by atoms with E-state index in [4.69, 9.17) is 4.74 Å². The van der Waals surface area contributed by atoms with E-state index in [1.54, 1.807) is 17.3 Å². The number of hydrogen-bond acceptors (Lipinski definition) is 5. The molecule has 0 atom stereocenters. The first kappa shape index (κ1) is 11.6. The molecule has 6 nitrogen and oxygen atoms in total. The number of carbonyl (C=O) groups is 1. The van der Waals surface area contributed by atoms with Crippen molar-refractivity contribution in [3.8, 4) is 0 Å². The van der Waals surface area contributed by atoms with Crippen LogP contribution in [-0.4, -0.2) is 47.7 Å². The molecule has 2 aliphatic heterocycles. The van der Waals surface area contributed by atoms with E-state index in [2.05, 4.69) is 15.3 Å². The van der Waals surface area contributed by atoms with Crippen LogP contribution < -0.4 is 10.2 Å². The molecular formula is C12H16N4O2. The Morgan fingerprint density at radius 2 is 2.00 bits per heavy atom. The lowest BCUT2D eigenvalue weighted by molar-refractivity contribution is -0.141. The van der Waals surface area contributed by atoms with Crippen molar-refractivity contribution in [3.05, 3.63) is 18.7 Å². The van der Waals surface area contributed by atoms with Crippen molar-refractivity contribution < 1.29 is 9.53 Å². The summed E-state index contributed by atoms with van der Waals surface area (Å²) in [6.07, 6.45) is 6.68. The second kappa shape index (κ2) is 4.62. The van der Waals surface area contributed by atoms with Gasteiger partial charge in [-0.25, -0.2) is 9.97 Å². The number of nitrogens with zero attached hydrogens (tertiary/aromatic N) is 3. The van der Waals surface area contributed by atoms with Crippen LogP contribution in [0.25, 0.3) is 0 Å². The van der Waals surface area contributed by atoms with Gasteiger partial charge in [0.1, 0.15) is 12.9 Å². The first-order chi connectivity index (χ1) is 8.79. The zero-order valence-electron chi connectivity index (χ0n) is 10.1. The predicted molar refractivity (Wildman–Crippen MR) is 65.2 cm³/mol. The average Bonchev–Trinajstić information content (AvgIpc) is 2.44. The predicted octanol–water partition coefficient (Wildman–Crippen LogP) is -0.0380. The number of ether oxygens (including phenoxy) is 1. The Balaban J connectivity index is 1.83. The highest BCUT2D eigenvalue weighted by molar-refractivity contribution is 5.94. The Bertz CT molecular complexity index is 431. The third-order valence-corrected chi connectivity index (χ3v) is 3.62. The highest BCUT2D eigenvalue weighted by Gasteiger charge is 2.41. The van der Waals surface area contributed by atoms with Gasteiger partial charge in [-0.05, 0) is 25.9 Å². The monoisotopic (exact) mass is 248 g/mol. The molecule has 1 spiro atoms. The van der Waals surface area contributed by atoms with E-state index >= 15 is 0 Å². The van der Waals surface area contributed by atoms with Crippen LogP contribution in [0.2, 0.25) is 0 Å². The molecule has 2 saturated heterocycles. The average molecular weight is 248 g/mol. The molecule has 0 unspecified atom stereocenters. The van der Waals surface area contributed by atoms with Crippen LogP contribution >= 0.6 is 0 Å². The highest BCUT2D eigenvalue weighted by Crippen LogP contribution is 2.30. The van der Waals surface area contributed by atoms with Crippen LogP contribution in [0.3, 0.4) is 0 Å². The van der Waals surface area contributed by atoms with Gasteiger partial charge in [0.25, 0.3) is 5.91 Å². The minimum Gasteiger partial charge on any atom is -0.363 e. The summed E-state index contributed by atoms with van der Waals surface area (Å²) in [6.45, 7) is 2.62. The molecule has 3 rings (SSSR count). The normalized spacial score (nSPS) is 23.3. The van der Waals surface area contributed by atoms with Gasteiger partial charge in [0.2, 0.25) is 0 Å². The Hall–Kier alpha value is -1.53. The zero-order chi connectivity index (χ0) is 12.4. The molecule has 0 bridgehead atoms. The molecule has 1 aromatic rings. The fraction of sp³-hybridized carbons (Fsp3) is 0.583. The molecule has 0 radical (unpaired) electrons. The van der Waals surface area contributed by atoms with Gasteiger partial charge < -0.3 is 15.0 Å². The Morgan fingerprint density at radius 1 is 1.28 bits per heavy atom. The number of carbonyl (C=O) groups excluding carboxylic acids is 1. The third-order valence-electron chi connectivity index (χ3n) is 3.62. The first-order valence-electron chi connectivity index (χ1n) is 6.19. The smallest absolute Gasteiger partial charge is 0.253 e. The highest BCUT2D eigenvalue weighted by atomic mass is 16.5.